The van der Waals surface area contributed by atoms with E-state index in [1.165, 1.54) is 17.9 Å². The van der Waals surface area contributed by atoms with E-state index in [0.717, 1.165) is 25.7 Å². The van der Waals surface area contributed by atoms with Crippen molar-refractivity contribution in [2.75, 3.05) is 19.8 Å². The van der Waals surface area contributed by atoms with Gasteiger partial charge >= 0.3 is 12.2 Å². The molecule has 0 aromatic heterocycles. The Morgan fingerprint density at radius 3 is 2.17 bits per heavy atom. The van der Waals surface area contributed by atoms with Gasteiger partial charge in [-0.05, 0) is 33.1 Å². The number of rotatable bonds is 12. The molecule has 0 rings (SSSR count). The number of aliphatic hydroxyl groups excluding tert-OH is 1. The summed E-state index contributed by atoms with van der Waals surface area (Å²) in [7, 11) is 0. The SMILES string of the molecule is CCCCCCC[C@H](CCCO)N(NC(=O)OCC)C(=O)OCC. The Kier molecular flexibility index (Phi) is 14.1. The first-order valence-corrected chi connectivity index (χ1v) is 9.10. The van der Waals surface area contributed by atoms with Gasteiger partial charge in [-0.2, -0.15) is 0 Å². The smallest absolute Gasteiger partial charge is 0.429 e. The molecule has 0 spiro atoms. The lowest BCUT2D eigenvalue weighted by atomic mass is 10.0. The second-order valence-electron chi connectivity index (χ2n) is 5.62. The molecule has 0 aliphatic heterocycles. The van der Waals surface area contributed by atoms with Gasteiger partial charge in [0.15, 0.2) is 0 Å². The Hall–Kier alpha value is -1.50. The highest BCUT2D eigenvalue weighted by Crippen LogP contribution is 2.16. The molecule has 2 amide bonds. The molecule has 1 atom stereocenters. The fraction of sp³-hybridized carbons (Fsp3) is 0.882. The molecule has 142 valence electrons. The largest absolute Gasteiger partial charge is 0.449 e. The number of nitrogens with zero attached hydrogens (tertiary/aromatic N) is 1. The number of unbranched alkanes of at least 4 members (excludes halogenated alkanes) is 4. The fourth-order valence-electron chi connectivity index (χ4n) is 2.45. The number of nitrogens with one attached hydrogen (secondary N) is 1. The zero-order valence-corrected chi connectivity index (χ0v) is 15.4. The predicted octanol–water partition coefficient (Wildman–Crippen LogP) is 3.61. The Balaban J connectivity index is 4.80. The van der Waals surface area contributed by atoms with E-state index in [1.54, 1.807) is 13.8 Å². The minimum atomic E-state index is -0.675. The van der Waals surface area contributed by atoms with Crippen molar-refractivity contribution in [3.05, 3.63) is 0 Å². The van der Waals surface area contributed by atoms with E-state index in [0.29, 0.717) is 12.8 Å². The maximum absolute atomic E-state index is 12.2. The van der Waals surface area contributed by atoms with Crippen molar-refractivity contribution in [3.8, 4) is 0 Å². The molecule has 0 unspecified atom stereocenters. The standard InChI is InChI=1S/C17H34N2O5/c1-4-7-8-9-10-12-15(13-11-14-20)19(17(22)24-6-3)18-16(21)23-5-2/h15,20H,4-14H2,1-3H3,(H,18,21)/t15-/m1/s1. The number of ether oxygens (including phenoxy) is 2. The molecule has 0 aliphatic carbocycles. The molecule has 24 heavy (non-hydrogen) atoms. The maximum Gasteiger partial charge on any atom is 0.429 e. The third-order valence-electron chi connectivity index (χ3n) is 3.65. The first kappa shape index (κ1) is 22.5. The van der Waals surface area contributed by atoms with Crippen molar-refractivity contribution < 1.29 is 24.2 Å². The Morgan fingerprint density at radius 2 is 1.58 bits per heavy atom. The summed E-state index contributed by atoms with van der Waals surface area (Å²) in [5, 5.41) is 10.3. The van der Waals surface area contributed by atoms with Crippen LogP contribution in [-0.4, -0.2) is 48.2 Å². The topological polar surface area (TPSA) is 88.1 Å². The van der Waals surface area contributed by atoms with Gasteiger partial charge in [-0.15, -0.1) is 0 Å². The molecule has 0 bridgehead atoms. The minimum Gasteiger partial charge on any atom is -0.449 e. The van der Waals surface area contributed by atoms with Crippen LogP contribution in [0.5, 0.6) is 0 Å². The van der Waals surface area contributed by atoms with E-state index in [1.807, 2.05) is 0 Å². The molecule has 7 nitrogen and oxygen atoms in total. The van der Waals surface area contributed by atoms with Gasteiger partial charge in [0, 0.05) is 6.61 Å². The lowest BCUT2D eigenvalue weighted by Gasteiger charge is -2.30. The van der Waals surface area contributed by atoms with Crippen LogP contribution in [0.3, 0.4) is 0 Å². The van der Waals surface area contributed by atoms with Crippen molar-refractivity contribution in [1.82, 2.24) is 10.4 Å². The maximum atomic E-state index is 12.2. The van der Waals surface area contributed by atoms with E-state index in [4.69, 9.17) is 14.6 Å². The monoisotopic (exact) mass is 346 g/mol. The molecule has 7 heteroatoms. The van der Waals surface area contributed by atoms with Crippen LogP contribution in [-0.2, 0) is 9.47 Å². The Labute approximate surface area is 145 Å². The van der Waals surface area contributed by atoms with E-state index in [2.05, 4.69) is 12.3 Å². The summed E-state index contributed by atoms with van der Waals surface area (Å²) < 4.78 is 9.91. The van der Waals surface area contributed by atoms with Gasteiger partial charge in [-0.1, -0.05) is 39.0 Å². The summed E-state index contributed by atoms with van der Waals surface area (Å²) in [6.45, 7) is 6.07. The Morgan fingerprint density at radius 1 is 0.958 bits per heavy atom. The molecule has 0 aliphatic rings. The summed E-state index contributed by atoms with van der Waals surface area (Å²) in [5.41, 5.74) is 2.48. The highest BCUT2D eigenvalue weighted by atomic mass is 16.6. The summed E-state index contributed by atoms with van der Waals surface area (Å²) in [4.78, 5) is 23.9. The highest BCUT2D eigenvalue weighted by molar-refractivity contribution is 5.74. The van der Waals surface area contributed by atoms with Crippen LogP contribution in [0, 0.1) is 0 Å². The summed E-state index contributed by atoms with van der Waals surface area (Å²) in [6, 6.07) is -0.220. The second kappa shape index (κ2) is 15.1. The number of hydrazine groups is 1. The zero-order valence-electron chi connectivity index (χ0n) is 15.4. The number of carbonyl (C=O) groups is 2. The molecule has 0 radical (unpaired) electrons. The molecular formula is C17H34N2O5. The van der Waals surface area contributed by atoms with Crippen molar-refractivity contribution in [3.63, 3.8) is 0 Å². The third-order valence-corrected chi connectivity index (χ3v) is 3.65. The van der Waals surface area contributed by atoms with E-state index in [9.17, 15) is 9.59 Å². The fourth-order valence-corrected chi connectivity index (χ4v) is 2.45. The number of amides is 2. The lowest BCUT2D eigenvalue weighted by molar-refractivity contribution is 0.0488. The molecule has 2 N–H and O–H groups in total. The van der Waals surface area contributed by atoms with Crippen molar-refractivity contribution in [2.24, 2.45) is 0 Å². The molecule has 0 aromatic carbocycles. The van der Waals surface area contributed by atoms with Gasteiger partial charge in [0.2, 0.25) is 0 Å². The van der Waals surface area contributed by atoms with Crippen LogP contribution in [0.2, 0.25) is 0 Å². The second-order valence-corrected chi connectivity index (χ2v) is 5.62. The van der Waals surface area contributed by atoms with Crippen molar-refractivity contribution >= 4 is 12.2 Å². The number of carbonyl (C=O) groups excluding carboxylic acids is 2. The lowest BCUT2D eigenvalue weighted by Crippen LogP contribution is -2.52. The summed E-state index contributed by atoms with van der Waals surface area (Å²) in [6.07, 6.45) is 6.19. The molecule has 0 aromatic rings. The van der Waals surface area contributed by atoms with Crippen LogP contribution in [0.25, 0.3) is 0 Å². The highest BCUT2D eigenvalue weighted by Gasteiger charge is 2.26. The van der Waals surface area contributed by atoms with E-state index >= 15 is 0 Å². The average Bonchev–Trinajstić information content (AvgIpc) is 2.56. The van der Waals surface area contributed by atoms with Gasteiger partial charge in [0.1, 0.15) is 0 Å². The van der Waals surface area contributed by atoms with Crippen LogP contribution in [0.1, 0.15) is 72.1 Å². The van der Waals surface area contributed by atoms with Crippen LogP contribution < -0.4 is 5.43 Å². The van der Waals surface area contributed by atoms with Gasteiger partial charge in [0.05, 0.1) is 19.3 Å². The Bertz CT molecular complexity index is 339. The van der Waals surface area contributed by atoms with E-state index in [-0.39, 0.29) is 25.9 Å². The van der Waals surface area contributed by atoms with Crippen LogP contribution >= 0.6 is 0 Å². The molecular weight excluding hydrogens is 312 g/mol. The third kappa shape index (κ3) is 10.3. The van der Waals surface area contributed by atoms with Crippen LogP contribution in [0.15, 0.2) is 0 Å². The number of aliphatic hydroxyl groups is 1. The van der Waals surface area contributed by atoms with Crippen LogP contribution in [0.4, 0.5) is 9.59 Å². The van der Waals surface area contributed by atoms with Gasteiger partial charge in [-0.25, -0.2) is 20.0 Å². The molecule has 0 saturated carbocycles. The minimum absolute atomic E-state index is 0.0441. The first-order valence-electron chi connectivity index (χ1n) is 9.10. The van der Waals surface area contributed by atoms with Crippen molar-refractivity contribution in [1.29, 1.82) is 0 Å². The van der Waals surface area contributed by atoms with E-state index < -0.39 is 12.2 Å². The summed E-state index contributed by atoms with van der Waals surface area (Å²) >= 11 is 0. The molecule has 0 heterocycles. The van der Waals surface area contributed by atoms with Crippen molar-refractivity contribution in [2.45, 2.75) is 78.2 Å². The zero-order chi connectivity index (χ0) is 18.2. The van der Waals surface area contributed by atoms with Gasteiger partial charge < -0.3 is 14.6 Å². The van der Waals surface area contributed by atoms with Gasteiger partial charge in [0.25, 0.3) is 0 Å². The summed E-state index contributed by atoms with van der Waals surface area (Å²) in [5.74, 6) is 0. The number of hydrogen-bond acceptors (Lipinski definition) is 5. The van der Waals surface area contributed by atoms with Gasteiger partial charge in [-0.3, -0.25) is 0 Å². The predicted molar refractivity (Wildman–Crippen MR) is 92.5 cm³/mol. The quantitative estimate of drug-likeness (QED) is 0.416. The normalized spacial score (nSPS) is 11.7. The number of hydrogen-bond donors (Lipinski definition) is 2. The average molecular weight is 346 g/mol. The molecule has 0 saturated heterocycles. The first-order chi connectivity index (χ1) is 11.6. The molecule has 0 fully saturated rings.